The lowest BCUT2D eigenvalue weighted by Gasteiger charge is -2.03. The fourth-order valence-corrected chi connectivity index (χ4v) is 1.75. The molecule has 1 aromatic heterocycles. The lowest BCUT2D eigenvalue weighted by Crippen LogP contribution is -2.12. The maximum Gasteiger partial charge on any atom is 0.236 e. The van der Waals surface area contributed by atoms with Crippen molar-refractivity contribution in [3.8, 4) is 0 Å². The molecule has 4 nitrogen and oxygen atoms in total. The molecule has 1 atom stereocenters. The predicted octanol–water partition coefficient (Wildman–Crippen LogP) is 1.99. The topological polar surface area (TPSA) is 64.9 Å². The van der Waals surface area contributed by atoms with E-state index in [2.05, 4.69) is 24.0 Å². The highest BCUT2D eigenvalue weighted by molar-refractivity contribution is 7.99. The van der Waals surface area contributed by atoms with Gasteiger partial charge in [-0.2, -0.15) is 4.98 Å². The Bertz CT molecular complexity index is 277. The van der Waals surface area contributed by atoms with Gasteiger partial charge in [0.2, 0.25) is 5.89 Å². The zero-order chi connectivity index (χ0) is 11.1. The molecule has 86 valence electrons. The van der Waals surface area contributed by atoms with Crippen LogP contribution in [-0.4, -0.2) is 21.9 Å². The fraction of sp³-hybridized carbons (Fsp3) is 0.800. The van der Waals surface area contributed by atoms with Gasteiger partial charge in [0.05, 0.1) is 5.75 Å². The predicted molar refractivity (Wildman–Crippen MR) is 62.7 cm³/mol. The number of thioether (sulfide) groups is 1. The Morgan fingerprint density at radius 2 is 2.33 bits per heavy atom. The summed E-state index contributed by atoms with van der Waals surface area (Å²) in [4.78, 5) is 4.31. The first-order valence-corrected chi connectivity index (χ1v) is 6.44. The monoisotopic (exact) mass is 229 g/mol. The van der Waals surface area contributed by atoms with E-state index in [4.69, 9.17) is 10.3 Å². The van der Waals surface area contributed by atoms with Gasteiger partial charge in [-0.05, 0) is 6.42 Å². The molecular formula is C10H19N3OS. The summed E-state index contributed by atoms with van der Waals surface area (Å²) in [7, 11) is 0. The number of aromatic nitrogens is 2. The standard InChI is InChI=1S/C10H19N3OS/c1-3-4-5-9-12-10(14-13-9)7-15-8(2)6-11/h8H,3-7,11H2,1-2H3. The van der Waals surface area contributed by atoms with Crippen molar-refractivity contribution in [1.29, 1.82) is 0 Å². The van der Waals surface area contributed by atoms with Crippen molar-refractivity contribution in [2.75, 3.05) is 6.54 Å². The average Bonchev–Trinajstić information content (AvgIpc) is 2.71. The Labute approximate surface area is 95.0 Å². The second-order valence-electron chi connectivity index (χ2n) is 3.57. The summed E-state index contributed by atoms with van der Waals surface area (Å²) in [5, 5.41) is 4.37. The lowest BCUT2D eigenvalue weighted by atomic mass is 10.2. The molecule has 0 aromatic carbocycles. The molecule has 0 amide bonds. The molecule has 0 saturated carbocycles. The van der Waals surface area contributed by atoms with E-state index < -0.39 is 0 Å². The van der Waals surface area contributed by atoms with Crippen molar-refractivity contribution in [3.05, 3.63) is 11.7 Å². The van der Waals surface area contributed by atoms with Crippen LogP contribution in [0.2, 0.25) is 0 Å². The molecule has 1 aromatic rings. The van der Waals surface area contributed by atoms with Gasteiger partial charge in [0.25, 0.3) is 0 Å². The number of nitrogens with zero attached hydrogens (tertiary/aromatic N) is 2. The van der Waals surface area contributed by atoms with Gasteiger partial charge in [0.15, 0.2) is 5.82 Å². The molecule has 5 heteroatoms. The van der Waals surface area contributed by atoms with Gasteiger partial charge < -0.3 is 10.3 Å². The quantitative estimate of drug-likeness (QED) is 0.774. The molecule has 0 aliphatic carbocycles. The Hall–Kier alpha value is -0.550. The van der Waals surface area contributed by atoms with Crippen LogP contribution in [-0.2, 0) is 12.2 Å². The van der Waals surface area contributed by atoms with Crippen molar-refractivity contribution < 1.29 is 4.52 Å². The first-order chi connectivity index (χ1) is 7.26. The minimum atomic E-state index is 0.441. The van der Waals surface area contributed by atoms with E-state index in [0.717, 1.165) is 30.8 Å². The molecule has 1 unspecified atom stereocenters. The lowest BCUT2D eigenvalue weighted by molar-refractivity contribution is 0.384. The second-order valence-corrected chi connectivity index (χ2v) is 4.99. The van der Waals surface area contributed by atoms with E-state index in [0.29, 0.717) is 17.7 Å². The van der Waals surface area contributed by atoms with E-state index >= 15 is 0 Å². The van der Waals surface area contributed by atoms with Crippen LogP contribution in [0.3, 0.4) is 0 Å². The Morgan fingerprint density at radius 1 is 1.53 bits per heavy atom. The number of hydrogen-bond acceptors (Lipinski definition) is 5. The smallest absolute Gasteiger partial charge is 0.236 e. The molecule has 15 heavy (non-hydrogen) atoms. The molecule has 1 heterocycles. The SMILES string of the molecule is CCCCc1noc(CSC(C)CN)n1. The van der Waals surface area contributed by atoms with E-state index in [-0.39, 0.29) is 0 Å². The molecule has 0 bridgehead atoms. The maximum atomic E-state index is 5.52. The first-order valence-electron chi connectivity index (χ1n) is 5.39. The summed E-state index contributed by atoms with van der Waals surface area (Å²) in [6.45, 7) is 4.93. The summed E-state index contributed by atoms with van der Waals surface area (Å²) >= 11 is 1.75. The van der Waals surface area contributed by atoms with Crippen molar-refractivity contribution in [1.82, 2.24) is 10.1 Å². The van der Waals surface area contributed by atoms with Crippen LogP contribution in [0.25, 0.3) is 0 Å². The zero-order valence-corrected chi connectivity index (χ0v) is 10.2. The Balaban J connectivity index is 2.32. The summed E-state index contributed by atoms with van der Waals surface area (Å²) in [6, 6.07) is 0. The van der Waals surface area contributed by atoms with Crippen LogP contribution in [0.1, 0.15) is 38.4 Å². The summed E-state index contributed by atoms with van der Waals surface area (Å²) < 4.78 is 5.13. The largest absolute Gasteiger partial charge is 0.338 e. The molecular weight excluding hydrogens is 210 g/mol. The van der Waals surface area contributed by atoms with Crippen molar-refractivity contribution in [2.45, 2.75) is 44.1 Å². The zero-order valence-electron chi connectivity index (χ0n) is 9.40. The van der Waals surface area contributed by atoms with Gasteiger partial charge in [-0.3, -0.25) is 0 Å². The van der Waals surface area contributed by atoms with Gasteiger partial charge in [0.1, 0.15) is 0 Å². The molecule has 0 radical (unpaired) electrons. The third kappa shape index (κ3) is 4.66. The van der Waals surface area contributed by atoms with Crippen LogP contribution in [0.5, 0.6) is 0 Å². The highest BCUT2D eigenvalue weighted by Gasteiger charge is 2.07. The highest BCUT2D eigenvalue weighted by Crippen LogP contribution is 2.15. The van der Waals surface area contributed by atoms with Gasteiger partial charge in [-0.1, -0.05) is 25.4 Å². The van der Waals surface area contributed by atoms with E-state index in [9.17, 15) is 0 Å². The minimum absolute atomic E-state index is 0.441. The highest BCUT2D eigenvalue weighted by atomic mass is 32.2. The third-order valence-electron chi connectivity index (χ3n) is 2.09. The van der Waals surface area contributed by atoms with Gasteiger partial charge in [0, 0.05) is 18.2 Å². The average molecular weight is 229 g/mol. The van der Waals surface area contributed by atoms with E-state index in [1.54, 1.807) is 11.8 Å². The van der Waals surface area contributed by atoms with Gasteiger partial charge in [-0.25, -0.2) is 0 Å². The van der Waals surface area contributed by atoms with Crippen molar-refractivity contribution in [3.63, 3.8) is 0 Å². The maximum absolute atomic E-state index is 5.52. The summed E-state index contributed by atoms with van der Waals surface area (Å²) in [5.41, 5.74) is 5.52. The van der Waals surface area contributed by atoms with Gasteiger partial charge in [-0.15, -0.1) is 11.8 Å². The van der Waals surface area contributed by atoms with Crippen LogP contribution in [0.4, 0.5) is 0 Å². The Kier molecular flexibility index (Phi) is 5.71. The number of nitrogens with two attached hydrogens (primary N) is 1. The normalized spacial score (nSPS) is 13.0. The molecule has 0 aliphatic rings. The third-order valence-corrected chi connectivity index (χ3v) is 3.26. The van der Waals surface area contributed by atoms with Crippen LogP contribution in [0, 0.1) is 0 Å². The molecule has 0 saturated heterocycles. The van der Waals surface area contributed by atoms with Crippen LogP contribution in [0.15, 0.2) is 4.52 Å². The van der Waals surface area contributed by atoms with E-state index in [1.165, 1.54) is 0 Å². The first kappa shape index (κ1) is 12.5. The van der Waals surface area contributed by atoms with Gasteiger partial charge >= 0.3 is 0 Å². The van der Waals surface area contributed by atoms with E-state index in [1.807, 2.05) is 0 Å². The minimum Gasteiger partial charge on any atom is -0.338 e. The molecule has 1 rings (SSSR count). The molecule has 0 fully saturated rings. The van der Waals surface area contributed by atoms with Crippen LogP contribution < -0.4 is 5.73 Å². The number of hydrogen-bond donors (Lipinski definition) is 1. The van der Waals surface area contributed by atoms with Crippen LogP contribution >= 0.6 is 11.8 Å². The number of rotatable bonds is 7. The molecule has 0 spiro atoms. The molecule has 2 N–H and O–H groups in total. The van der Waals surface area contributed by atoms with Crippen molar-refractivity contribution >= 4 is 11.8 Å². The van der Waals surface area contributed by atoms with Crippen molar-refractivity contribution in [2.24, 2.45) is 5.73 Å². The number of unbranched alkanes of at least 4 members (excludes halogenated alkanes) is 1. The molecule has 0 aliphatic heterocycles. The summed E-state index contributed by atoms with van der Waals surface area (Å²) in [5.74, 6) is 2.30. The Morgan fingerprint density at radius 3 is 3.00 bits per heavy atom. The summed E-state index contributed by atoms with van der Waals surface area (Å²) in [6.07, 6.45) is 3.19. The fourth-order valence-electron chi connectivity index (χ4n) is 1.07. The second kappa shape index (κ2) is 6.85. The number of aryl methyl sites for hydroxylation is 1.